The van der Waals surface area contributed by atoms with E-state index >= 15 is 0 Å². The topological polar surface area (TPSA) is 20.2 Å². The van der Waals surface area contributed by atoms with Gasteiger partial charge in [-0.25, -0.2) is 4.39 Å². The molecule has 3 heteroatoms. The van der Waals surface area contributed by atoms with Gasteiger partial charge in [0.25, 0.3) is 0 Å². The zero-order chi connectivity index (χ0) is 12.4. The van der Waals surface area contributed by atoms with Crippen LogP contribution in [0, 0.1) is 25.6 Å². The first-order chi connectivity index (χ1) is 8.09. The first-order valence-corrected chi connectivity index (χ1v) is 7.27. The minimum Gasteiger partial charge on any atom is -0.388 e. The number of thioether (sulfide) groups is 1. The summed E-state index contributed by atoms with van der Waals surface area (Å²) in [5, 5.41) is 10.3. The normalized spacial score (nSPS) is 22.5. The predicted molar refractivity (Wildman–Crippen MR) is 70.9 cm³/mol. The summed E-state index contributed by atoms with van der Waals surface area (Å²) in [6.45, 7) is 3.76. The fourth-order valence-corrected chi connectivity index (χ4v) is 3.74. The molecule has 0 spiro atoms. The first-order valence-electron chi connectivity index (χ1n) is 6.12. The van der Waals surface area contributed by atoms with Crippen LogP contribution in [0.3, 0.4) is 0 Å². The molecular weight excluding hydrogens is 235 g/mol. The number of aryl methyl sites for hydroxylation is 2. The fraction of sp³-hybridized carbons (Fsp3) is 0.571. The van der Waals surface area contributed by atoms with Crippen molar-refractivity contribution in [3.05, 3.63) is 34.6 Å². The quantitative estimate of drug-likeness (QED) is 0.870. The van der Waals surface area contributed by atoms with Crippen molar-refractivity contribution in [2.75, 3.05) is 11.5 Å². The number of aliphatic hydroxyl groups is 1. The van der Waals surface area contributed by atoms with Crippen molar-refractivity contribution < 1.29 is 9.50 Å². The lowest BCUT2D eigenvalue weighted by molar-refractivity contribution is 0.109. The van der Waals surface area contributed by atoms with Gasteiger partial charge in [-0.2, -0.15) is 11.8 Å². The summed E-state index contributed by atoms with van der Waals surface area (Å²) >= 11 is 1.86. The summed E-state index contributed by atoms with van der Waals surface area (Å²) < 4.78 is 13.9. The maximum Gasteiger partial charge on any atom is 0.129 e. The maximum absolute atomic E-state index is 13.9. The van der Waals surface area contributed by atoms with Gasteiger partial charge in [-0.1, -0.05) is 6.07 Å². The van der Waals surface area contributed by atoms with Gasteiger partial charge < -0.3 is 5.11 Å². The number of rotatable bonds is 2. The SMILES string of the molecule is Cc1cc(C)c(C(O)C2CCCSC2)c(F)c1. The highest BCUT2D eigenvalue weighted by Gasteiger charge is 2.26. The van der Waals surface area contributed by atoms with Crippen molar-refractivity contribution in [3.63, 3.8) is 0 Å². The van der Waals surface area contributed by atoms with Gasteiger partial charge in [0, 0.05) is 5.56 Å². The molecule has 1 N–H and O–H groups in total. The molecule has 1 heterocycles. The van der Waals surface area contributed by atoms with E-state index in [2.05, 4.69) is 0 Å². The molecule has 1 fully saturated rings. The molecule has 94 valence electrons. The van der Waals surface area contributed by atoms with Crippen LogP contribution in [0.2, 0.25) is 0 Å². The van der Waals surface area contributed by atoms with Crippen LogP contribution in [0.4, 0.5) is 4.39 Å². The van der Waals surface area contributed by atoms with Gasteiger partial charge in [0.05, 0.1) is 6.10 Å². The van der Waals surface area contributed by atoms with E-state index < -0.39 is 6.10 Å². The lowest BCUT2D eigenvalue weighted by Gasteiger charge is -2.27. The Kier molecular flexibility index (Phi) is 4.10. The standard InChI is InChI=1S/C14H19FOS/c1-9-6-10(2)13(12(15)7-9)14(16)11-4-3-5-17-8-11/h6-7,11,14,16H,3-5,8H2,1-2H3. The zero-order valence-corrected chi connectivity index (χ0v) is 11.2. The van der Waals surface area contributed by atoms with Crippen LogP contribution in [0.25, 0.3) is 0 Å². The Morgan fingerprint density at radius 2 is 2.18 bits per heavy atom. The summed E-state index contributed by atoms with van der Waals surface area (Å²) in [5.41, 5.74) is 2.28. The second kappa shape index (κ2) is 5.40. The van der Waals surface area contributed by atoms with Crippen LogP contribution in [0.15, 0.2) is 12.1 Å². The van der Waals surface area contributed by atoms with E-state index in [9.17, 15) is 9.50 Å². The minimum atomic E-state index is -0.650. The number of hydrogen-bond donors (Lipinski definition) is 1. The van der Waals surface area contributed by atoms with Gasteiger partial charge in [-0.15, -0.1) is 0 Å². The lowest BCUT2D eigenvalue weighted by atomic mass is 9.89. The van der Waals surface area contributed by atoms with Crippen molar-refractivity contribution in [1.82, 2.24) is 0 Å². The fourth-order valence-electron chi connectivity index (χ4n) is 2.55. The number of benzene rings is 1. The third-order valence-electron chi connectivity index (χ3n) is 3.42. The van der Waals surface area contributed by atoms with Crippen LogP contribution >= 0.6 is 11.8 Å². The summed E-state index contributed by atoms with van der Waals surface area (Å²) in [6.07, 6.45) is 1.48. The van der Waals surface area contributed by atoms with E-state index in [1.807, 2.05) is 31.7 Å². The second-order valence-electron chi connectivity index (χ2n) is 4.90. The highest BCUT2D eigenvalue weighted by molar-refractivity contribution is 7.99. The van der Waals surface area contributed by atoms with E-state index in [0.717, 1.165) is 29.7 Å². The second-order valence-corrected chi connectivity index (χ2v) is 6.05. The smallest absolute Gasteiger partial charge is 0.129 e. The van der Waals surface area contributed by atoms with Crippen molar-refractivity contribution in [2.24, 2.45) is 5.92 Å². The summed E-state index contributed by atoms with van der Waals surface area (Å²) in [6, 6.07) is 3.46. The van der Waals surface area contributed by atoms with Gasteiger partial charge in [-0.05, 0) is 61.3 Å². The van der Waals surface area contributed by atoms with Crippen LogP contribution in [-0.2, 0) is 0 Å². The molecule has 1 aromatic rings. The average molecular weight is 254 g/mol. The van der Waals surface area contributed by atoms with Crippen LogP contribution in [0.5, 0.6) is 0 Å². The van der Waals surface area contributed by atoms with Crippen molar-refractivity contribution in [1.29, 1.82) is 0 Å². The van der Waals surface area contributed by atoms with Crippen LogP contribution in [0.1, 0.15) is 35.6 Å². The summed E-state index contributed by atoms with van der Waals surface area (Å²) in [7, 11) is 0. The number of aliphatic hydroxyl groups excluding tert-OH is 1. The summed E-state index contributed by atoms with van der Waals surface area (Å²) in [5.74, 6) is 2.04. The van der Waals surface area contributed by atoms with E-state index in [0.29, 0.717) is 5.56 Å². The van der Waals surface area contributed by atoms with Crippen LogP contribution in [-0.4, -0.2) is 16.6 Å². The molecule has 0 radical (unpaired) electrons. The highest BCUT2D eigenvalue weighted by Crippen LogP contribution is 2.35. The molecule has 2 rings (SSSR count). The van der Waals surface area contributed by atoms with Crippen molar-refractivity contribution in [2.45, 2.75) is 32.8 Å². The third-order valence-corrected chi connectivity index (χ3v) is 4.66. The van der Waals surface area contributed by atoms with E-state index in [1.54, 1.807) is 0 Å². The Bertz CT molecular complexity index is 376. The van der Waals surface area contributed by atoms with Gasteiger partial charge in [0.1, 0.15) is 5.82 Å². The van der Waals surface area contributed by atoms with E-state index in [-0.39, 0.29) is 11.7 Å². The molecule has 17 heavy (non-hydrogen) atoms. The molecule has 1 aliphatic rings. The Morgan fingerprint density at radius 1 is 1.41 bits per heavy atom. The van der Waals surface area contributed by atoms with Gasteiger partial charge in [0.15, 0.2) is 0 Å². The molecule has 1 aliphatic heterocycles. The largest absolute Gasteiger partial charge is 0.388 e. The summed E-state index contributed by atoms with van der Waals surface area (Å²) in [4.78, 5) is 0. The molecular formula is C14H19FOS. The zero-order valence-electron chi connectivity index (χ0n) is 10.4. The molecule has 0 amide bonds. The first kappa shape index (κ1) is 12.9. The molecule has 0 aromatic heterocycles. The number of hydrogen-bond acceptors (Lipinski definition) is 2. The third kappa shape index (κ3) is 2.83. The molecule has 1 aromatic carbocycles. The molecule has 2 unspecified atom stereocenters. The Morgan fingerprint density at radius 3 is 2.76 bits per heavy atom. The molecule has 2 atom stereocenters. The van der Waals surface area contributed by atoms with Crippen LogP contribution < -0.4 is 0 Å². The van der Waals surface area contributed by atoms with E-state index in [4.69, 9.17) is 0 Å². The highest BCUT2D eigenvalue weighted by atomic mass is 32.2. The van der Waals surface area contributed by atoms with Gasteiger partial charge in [-0.3, -0.25) is 0 Å². The van der Waals surface area contributed by atoms with Crippen molar-refractivity contribution >= 4 is 11.8 Å². The Hall–Kier alpha value is -0.540. The van der Waals surface area contributed by atoms with Gasteiger partial charge >= 0.3 is 0 Å². The Labute approximate surface area is 106 Å². The Balaban J connectivity index is 2.26. The lowest BCUT2D eigenvalue weighted by Crippen LogP contribution is -2.21. The van der Waals surface area contributed by atoms with Gasteiger partial charge in [0.2, 0.25) is 0 Å². The minimum absolute atomic E-state index is 0.199. The monoisotopic (exact) mass is 254 g/mol. The molecule has 0 aliphatic carbocycles. The van der Waals surface area contributed by atoms with Crippen molar-refractivity contribution in [3.8, 4) is 0 Å². The number of halogens is 1. The molecule has 0 bridgehead atoms. The average Bonchev–Trinajstić information content (AvgIpc) is 2.28. The van der Waals surface area contributed by atoms with E-state index in [1.165, 1.54) is 11.8 Å². The predicted octanol–water partition coefficient (Wildman–Crippen LogP) is 3.62. The molecule has 1 nitrogen and oxygen atoms in total. The molecule has 1 saturated heterocycles. The molecule has 0 saturated carbocycles. The maximum atomic E-state index is 13.9.